The van der Waals surface area contributed by atoms with E-state index in [2.05, 4.69) is 121 Å². The molecule has 0 N–H and O–H groups in total. The molecule has 0 radical (unpaired) electrons. The van der Waals surface area contributed by atoms with Crippen LogP contribution in [0.3, 0.4) is 0 Å². The second kappa shape index (κ2) is 13.9. The topological polar surface area (TPSA) is 18.5 Å². The highest BCUT2D eigenvalue weighted by atomic mass is 31.1. The summed E-state index contributed by atoms with van der Waals surface area (Å²) in [6.45, 7) is 1.35. The van der Waals surface area contributed by atoms with Crippen molar-refractivity contribution >= 4 is 37.1 Å². The molecule has 38 heavy (non-hydrogen) atoms. The molecule has 190 valence electrons. The molecule has 0 aliphatic rings. The third-order valence-corrected chi connectivity index (χ3v) is 11.2. The van der Waals surface area contributed by atoms with E-state index in [0.29, 0.717) is 13.2 Å². The molecule has 0 amide bonds. The van der Waals surface area contributed by atoms with Gasteiger partial charge in [0.15, 0.2) is 0 Å². The summed E-state index contributed by atoms with van der Waals surface area (Å²) in [5.41, 5.74) is 0. The first-order valence-corrected chi connectivity index (χ1v) is 16.0. The minimum atomic E-state index is -0.454. The van der Waals surface area contributed by atoms with Crippen LogP contribution in [0.4, 0.5) is 0 Å². The number of rotatable bonds is 12. The summed E-state index contributed by atoms with van der Waals surface area (Å²) in [7, 11) is -0.909. The van der Waals surface area contributed by atoms with E-state index in [1.54, 1.807) is 0 Å². The maximum atomic E-state index is 6.16. The number of ether oxygens (including phenoxy) is 2. The molecule has 0 aliphatic heterocycles. The van der Waals surface area contributed by atoms with Crippen molar-refractivity contribution in [3.8, 4) is 11.5 Å². The van der Waals surface area contributed by atoms with Crippen LogP contribution in [0.25, 0.3) is 0 Å². The van der Waals surface area contributed by atoms with E-state index in [4.69, 9.17) is 9.47 Å². The van der Waals surface area contributed by atoms with Crippen molar-refractivity contribution in [3.63, 3.8) is 0 Å². The number of hydrogen-bond donors (Lipinski definition) is 0. The highest BCUT2D eigenvalue weighted by molar-refractivity contribution is 7.73. The Morgan fingerprint density at radius 3 is 0.868 bits per heavy atom. The van der Waals surface area contributed by atoms with Crippen LogP contribution in [0.5, 0.6) is 11.5 Å². The van der Waals surface area contributed by atoms with Gasteiger partial charge in [0, 0.05) is 12.3 Å². The molecular formula is C34H32O2P2. The third kappa shape index (κ3) is 7.32. The predicted molar refractivity (Wildman–Crippen MR) is 165 cm³/mol. The summed E-state index contributed by atoms with van der Waals surface area (Å²) in [5.74, 6) is 1.76. The molecule has 0 fully saturated rings. The van der Waals surface area contributed by atoms with Crippen LogP contribution < -0.4 is 30.7 Å². The van der Waals surface area contributed by atoms with Crippen LogP contribution in [0.15, 0.2) is 146 Å². The lowest BCUT2D eigenvalue weighted by atomic mass is 10.3. The molecule has 4 heteroatoms. The quantitative estimate of drug-likeness (QED) is 0.166. The van der Waals surface area contributed by atoms with E-state index in [1.165, 1.54) is 21.2 Å². The first-order chi connectivity index (χ1) is 18.9. The summed E-state index contributed by atoms with van der Waals surface area (Å²) in [5, 5.41) is 5.53. The van der Waals surface area contributed by atoms with Crippen molar-refractivity contribution in [2.75, 3.05) is 25.5 Å². The van der Waals surface area contributed by atoms with E-state index in [-0.39, 0.29) is 0 Å². The van der Waals surface area contributed by atoms with Crippen LogP contribution in [0, 0.1) is 0 Å². The van der Waals surface area contributed by atoms with Crippen LogP contribution in [0.1, 0.15) is 0 Å². The minimum Gasteiger partial charge on any atom is -0.493 e. The molecule has 5 aromatic carbocycles. The standard InChI is InChI=1S/C34H32O2P2/c1-5-13-31(14-6-1)37(32-15-7-2-8-16-32)27-25-35-29-21-23-30(24-22-29)36-26-28-38(33-17-9-3-10-18-33)34-19-11-4-12-20-34/h1-24H,25-28H2. The molecule has 0 unspecified atom stereocenters. The van der Waals surface area contributed by atoms with Gasteiger partial charge in [0.1, 0.15) is 11.5 Å². The van der Waals surface area contributed by atoms with Gasteiger partial charge in [-0.25, -0.2) is 0 Å². The van der Waals surface area contributed by atoms with Gasteiger partial charge in [0.25, 0.3) is 0 Å². The van der Waals surface area contributed by atoms with Crippen molar-refractivity contribution < 1.29 is 9.47 Å². The van der Waals surface area contributed by atoms with Gasteiger partial charge in [0.05, 0.1) is 13.2 Å². The van der Waals surface area contributed by atoms with E-state index in [0.717, 1.165) is 23.8 Å². The molecule has 0 atom stereocenters. The first-order valence-electron chi connectivity index (χ1n) is 13.0. The summed E-state index contributed by atoms with van der Waals surface area (Å²) in [4.78, 5) is 0. The summed E-state index contributed by atoms with van der Waals surface area (Å²) in [6.07, 6.45) is 1.95. The second-order valence-electron chi connectivity index (χ2n) is 8.81. The van der Waals surface area contributed by atoms with Crippen LogP contribution >= 0.6 is 15.8 Å². The molecular weight excluding hydrogens is 502 g/mol. The van der Waals surface area contributed by atoms with Crippen molar-refractivity contribution in [1.82, 2.24) is 0 Å². The fourth-order valence-electron chi connectivity index (χ4n) is 4.39. The van der Waals surface area contributed by atoms with Crippen LogP contribution in [-0.2, 0) is 0 Å². The van der Waals surface area contributed by atoms with Gasteiger partial charge >= 0.3 is 0 Å². The number of benzene rings is 5. The Morgan fingerprint density at radius 1 is 0.342 bits per heavy atom. The van der Waals surface area contributed by atoms with Gasteiger partial charge < -0.3 is 9.47 Å². The predicted octanol–water partition coefficient (Wildman–Crippen LogP) is 6.71. The highest BCUT2D eigenvalue weighted by Gasteiger charge is 2.15. The molecule has 0 saturated heterocycles. The Morgan fingerprint density at radius 2 is 0.605 bits per heavy atom. The van der Waals surface area contributed by atoms with Gasteiger partial charge in [-0.1, -0.05) is 121 Å². The van der Waals surface area contributed by atoms with E-state index in [1.807, 2.05) is 24.3 Å². The van der Waals surface area contributed by atoms with Crippen LogP contribution in [-0.4, -0.2) is 25.5 Å². The molecule has 0 saturated carbocycles. The Kier molecular flexibility index (Phi) is 9.59. The molecule has 5 aromatic rings. The minimum absolute atomic E-state index is 0.454. The monoisotopic (exact) mass is 534 g/mol. The molecule has 5 rings (SSSR count). The van der Waals surface area contributed by atoms with Gasteiger partial charge in [-0.15, -0.1) is 0 Å². The van der Waals surface area contributed by atoms with Crippen molar-refractivity contribution in [2.45, 2.75) is 0 Å². The van der Waals surface area contributed by atoms with Crippen molar-refractivity contribution in [1.29, 1.82) is 0 Å². The van der Waals surface area contributed by atoms with Gasteiger partial charge in [-0.05, 0) is 61.3 Å². The van der Waals surface area contributed by atoms with E-state index >= 15 is 0 Å². The zero-order chi connectivity index (χ0) is 25.8. The largest absolute Gasteiger partial charge is 0.493 e. The van der Waals surface area contributed by atoms with Gasteiger partial charge in [-0.2, -0.15) is 0 Å². The van der Waals surface area contributed by atoms with Crippen LogP contribution in [0.2, 0.25) is 0 Å². The van der Waals surface area contributed by atoms with E-state index < -0.39 is 15.8 Å². The lowest BCUT2D eigenvalue weighted by Crippen LogP contribution is -2.17. The molecule has 0 heterocycles. The average molecular weight is 535 g/mol. The molecule has 0 aromatic heterocycles. The molecule has 0 spiro atoms. The maximum absolute atomic E-state index is 6.16. The highest BCUT2D eigenvalue weighted by Crippen LogP contribution is 2.34. The Balaban J connectivity index is 1.15. The van der Waals surface area contributed by atoms with Crippen molar-refractivity contribution in [2.24, 2.45) is 0 Å². The average Bonchev–Trinajstić information content (AvgIpc) is 3.00. The lowest BCUT2D eigenvalue weighted by Gasteiger charge is -2.19. The Labute approximate surface area is 228 Å². The van der Waals surface area contributed by atoms with Gasteiger partial charge in [-0.3, -0.25) is 0 Å². The number of hydrogen-bond acceptors (Lipinski definition) is 2. The zero-order valence-electron chi connectivity index (χ0n) is 21.4. The molecule has 0 aliphatic carbocycles. The summed E-state index contributed by atoms with van der Waals surface area (Å²) >= 11 is 0. The molecule has 0 bridgehead atoms. The maximum Gasteiger partial charge on any atom is 0.119 e. The SMILES string of the molecule is c1ccc(P(CCOc2ccc(OCCP(c3ccccc3)c3ccccc3)cc2)c2ccccc2)cc1. The van der Waals surface area contributed by atoms with E-state index in [9.17, 15) is 0 Å². The fraction of sp³-hybridized carbons (Fsp3) is 0.118. The van der Waals surface area contributed by atoms with Gasteiger partial charge in [0.2, 0.25) is 0 Å². The fourth-order valence-corrected chi connectivity index (χ4v) is 8.69. The zero-order valence-corrected chi connectivity index (χ0v) is 23.2. The normalized spacial score (nSPS) is 11.0. The molecule has 2 nitrogen and oxygen atoms in total. The summed E-state index contributed by atoms with van der Waals surface area (Å²) in [6, 6.07) is 51.2. The second-order valence-corrected chi connectivity index (χ2v) is 13.5. The Bertz CT molecular complexity index is 1160. The summed E-state index contributed by atoms with van der Waals surface area (Å²) < 4.78 is 12.3. The smallest absolute Gasteiger partial charge is 0.119 e. The third-order valence-electron chi connectivity index (χ3n) is 6.26. The van der Waals surface area contributed by atoms with Crippen molar-refractivity contribution in [3.05, 3.63) is 146 Å². The lowest BCUT2D eigenvalue weighted by molar-refractivity contribution is 0.333. The first kappa shape index (κ1) is 26.2. The Hall–Kier alpha value is -3.44.